The van der Waals surface area contributed by atoms with E-state index in [-0.39, 0.29) is 12.1 Å². The molecule has 0 radical (unpaired) electrons. The molecule has 4 rings (SSSR count). The van der Waals surface area contributed by atoms with Crippen LogP contribution >= 0.6 is 22.9 Å². The van der Waals surface area contributed by atoms with Gasteiger partial charge in [-0.1, -0.05) is 35.9 Å². The molecule has 1 unspecified atom stereocenters. The summed E-state index contributed by atoms with van der Waals surface area (Å²) < 4.78 is 0.840. The molecule has 1 fully saturated rings. The van der Waals surface area contributed by atoms with Crippen molar-refractivity contribution < 1.29 is 4.79 Å². The van der Waals surface area contributed by atoms with Crippen LogP contribution < -0.4 is 5.32 Å². The number of carbonyl (C=O) groups is 1. The highest BCUT2D eigenvalue weighted by molar-refractivity contribution is 7.16. The average molecular weight is 390 g/mol. The molecular formula is C20H24ClN3OS. The van der Waals surface area contributed by atoms with Crippen LogP contribution in [0, 0.1) is 0 Å². The molecule has 0 aliphatic carbocycles. The van der Waals surface area contributed by atoms with E-state index < -0.39 is 0 Å². The van der Waals surface area contributed by atoms with Gasteiger partial charge in [-0.2, -0.15) is 0 Å². The molecular weight excluding hydrogens is 366 g/mol. The second-order valence-corrected chi connectivity index (χ2v) is 8.97. The number of halogens is 1. The number of nitrogens with zero attached hydrogens (tertiary/aromatic N) is 2. The SMILES string of the molecule is O=C(NC1CCCN(Cc2ccc(Cl)s2)C1)N1CCc2ccccc2C1. The van der Waals surface area contributed by atoms with Crippen molar-refractivity contribution in [2.24, 2.45) is 0 Å². The largest absolute Gasteiger partial charge is 0.334 e. The normalized spacial score (nSPS) is 20.7. The third kappa shape index (κ3) is 4.22. The maximum atomic E-state index is 12.7. The first kappa shape index (κ1) is 17.8. The van der Waals surface area contributed by atoms with E-state index in [1.807, 2.05) is 11.0 Å². The van der Waals surface area contributed by atoms with E-state index >= 15 is 0 Å². The van der Waals surface area contributed by atoms with Crippen molar-refractivity contribution in [2.45, 2.75) is 38.4 Å². The number of hydrogen-bond acceptors (Lipinski definition) is 3. The lowest BCUT2D eigenvalue weighted by atomic mass is 10.0. The first-order chi connectivity index (χ1) is 12.7. The fourth-order valence-electron chi connectivity index (χ4n) is 3.91. The highest BCUT2D eigenvalue weighted by Gasteiger charge is 2.25. The fourth-order valence-corrected chi connectivity index (χ4v) is 5.04. The molecule has 2 amide bonds. The molecule has 2 aromatic rings. The Labute approximate surface area is 163 Å². The van der Waals surface area contributed by atoms with Gasteiger partial charge in [-0.3, -0.25) is 4.90 Å². The summed E-state index contributed by atoms with van der Waals surface area (Å²) in [6.45, 7) is 4.42. The minimum Gasteiger partial charge on any atom is -0.334 e. The number of thiophene rings is 1. The van der Waals surface area contributed by atoms with Gasteiger partial charge in [-0.05, 0) is 49.1 Å². The number of carbonyl (C=O) groups excluding carboxylic acids is 1. The second kappa shape index (κ2) is 7.99. The van der Waals surface area contributed by atoms with Gasteiger partial charge >= 0.3 is 6.03 Å². The summed E-state index contributed by atoms with van der Waals surface area (Å²) in [5, 5.41) is 3.26. The molecule has 138 valence electrons. The van der Waals surface area contributed by atoms with E-state index in [9.17, 15) is 4.79 Å². The Morgan fingerprint density at radius 3 is 2.85 bits per heavy atom. The number of rotatable bonds is 3. The summed E-state index contributed by atoms with van der Waals surface area (Å²) >= 11 is 7.68. The van der Waals surface area contributed by atoms with Crippen molar-refractivity contribution in [2.75, 3.05) is 19.6 Å². The van der Waals surface area contributed by atoms with Crippen LogP contribution in [0.15, 0.2) is 36.4 Å². The predicted molar refractivity (Wildman–Crippen MR) is 107 cm³/mol. The standard InChI is InChI=1S/C20H24ClN3OS/c21-19-8-7-18(26-19)14-23-10-3-6-17(13-23)22-20(25)24-11-9-15-4-1-2-5-16(15)12-24/h1-2,4-5,7-8,17H,3,6,9-14H2,(H,22,25). The smallest absolute Gasteiger partial charge is 0.317 e. The van der Waals surface area contributed by atoms with E-state index in [0.717, 1.165) is 49.8 Å². The molecule has 0 bridgehead atoms. The second-order valence-electron chi connectivity index (χ2n) is 7.17. The Hall–Kier alpha value is -1.56. The summed E-state index contributed by atoms with van der Waals surface area (Å²) in [4.78, 5) is 18.4. The van der Waals surface area contributed by atoms with Crippen molar-refractivity contribution in [3.63, 3.8) is 0 Å². The van der Waals surface area contributed by atoms with Crippen LogP contribution in [0.5, 0.6) is 0 Å². The van der Waals surface area contributed by atoms with E-state index in [1.54, 1.807) is 11.3 Å². The van der Waals surface area contributed by atoms with Crippen LogP contribution in [-0.2, 0) is 19.5 Å². The van der Waals surface area contributed by atoms with Gasteiger partial charge in [0.05, 0.1) is 4.34 Å². The molecule has 1 N–H and O–H groups in total. The van der Waals surface area contributed by atoms with Crippen LogP contribution in [-0.4, -0.2) is 41.5 Å². The zero-order valence-corrected chi connectivity index (χ0v) is 16.4. The molecule has 2 aliphatic rings. The summed E-state index contributed by atoms with van der Waals surface area (Å²) in [5.74, 6) is 0. The van der Waals surface area contributed by atoms with Gasteiger partial charge in [-0.25, -0.2) is 4.79 Å². The van der Waals surface area contributed by atoms with Gasteiger partial charge in [0.15, 0.2) is 0 Å². The van der Waals surface area contributed by atoms with Gasteiger partial charge in [0.2, 0.25) is 0 Å². The van der Waals surface area contributed by atoms with Crippen LogP contribution in [0.3, 0.4) is 0 Å². The lowest BCUT2D eigenvalue weighted by Crippen LogP contribution is -2.52. The molecule has 3 heterocycles. The summed E-state index contributed by atoms with van der Waals surface area (Å²) in [7, 11) is 0. The summed E-state index contributed by atoms with van der Waals surface area (Å²) in [6.07, 6.45) is 3.12. The van der Waals surface area contributed by atoms with Gasteiger partial charge in [0.25, 0.3) is 0 Å². The average Bonchev–Trinajstić information content (AvgIpc) is 3.06. The zero-order chi connectivity index (χ0) is 17.9. The molecule has 1 saturated heterocycles. The first-order valence-corrected chi connectivity index (χ1v) is 10.5. The summed E-state index contributed by atoms with van der Waals surface area (Å²) in [5.41, 5.74) is 2.64. The fraction of sp³-hybridized carbons (Fsp3) is 0.450. The molecule has 1 aromatic carbocycles. The lowest BCUT2D eigenvalue weighted by molar-refractivity contribution is 0.161. The highest BCUT2D eigenvalue weighted by Crippen LogP contribution is 2.24. The van der Waals surface area contributed by atoms with Crippen molar-refractivity contribution in [3.8, 4) is 0 Å². The Morgan fingerprint density at radius 2 is 2.04 bits per heavy atom. The Bertz CT molecular complexity index is 778. The maximum absolute atomic E-state index is 12.7. The number of fused-ring (bicyclic) bond motifs is 1. The van der Waals surface area contributed by atoms with Crippen molar-refractivity contribution in [1.29, 1.82) is 0 Å². The Balaban J connectivity index is 1.31. The lowest BCUT2D eigenvalue weighted by Gasteiger charge is -2.35. The monoisotopic (exact) mass is 389 g/mol. The van der Waals surface area contributed by atoms with Gasteiger partial charge in [0, 0.05) is 37.1 Å². The van der Waals surface area contributed by atoms with E-state index in [2.05, 4.69) is 40.5 Å². The first-order valence-electron chi connectivity index (χ1n) is 9.26. The molecule has 6 heteroatoms. The Kier molecular flexibility index (Phi) is 5.48. The van der Waals surface area contributed by atoms with Gasteiger partial charge in [-0.15, -0.1) is 11.3 Å². The number of urea groups is 1. The molecule has 1 atom stereocenters. The van der Waals surface area contributed by atoms with Crippen molar-refractivity contribution >= 4 is 29.0 Å². The number of nitrogens with one attached hydrogen (secondary N) is 1. The zero-order valence-electron chi connectivity index (χ0n) is 14.8. The number of hydrogen-bond donors (Lipinski definition) is 1. The molecule has 4 nitrogen and oxygen atoms in total. The van der Waals surface area contributed by atoms with Crippen LogP contribution in [0.25, 0.3) is 0 Å². The minimum absolute atomic E-state index is 0.0746. The highest BCUT2D eigenvalue weighted by atomic mass is 35.5. The third-order valence-electron chi connectivity index (χ3n) is 5.26. The topological polar surface area (TPSA) is 35.6 Å². The van der Waals surface area contributed by atoms with Crippen molar-refractivity contribution in [1.82, 2.24) is 15.1 Å². The molecule has 0 saturated carbocycles. The van der Waals surface area contributed by atoms with Gasteiger partial charge < -0.3 is 10.2 Å². The van der Waals surface area contributed by atoms with Crippen LogP contribution in [0.1, 0.15) is 28.8 Å². The van der Waals surface area contributed by atoms with Crippen LogP contribution in [0.2, 0.25) is 4.34 Å². The maximum Gasteiger partial charge on any atom is 0.317 e. The van der Waals surface area contributed by atoms with Crippen molar-refractivity contribution in [3.05, 3.63) is 56.7 Å². The number of likely N-dealkylation sites (tertiary alicyclic amines) is 1. The third-order valence-corrected chi connectivity index (χ3v) is 6.48. The number of piperidine rings is 1. The van der Waals surface area contributed by atoms with E-state index in [0.29, 0.717) is 6.54 Å². The molecule has 1 aromatic heterocycles. The quantitative estimate of drug-likeness (QED) is 0.856. The van der Waals surface area contributed by atoms with E-state index in [4.69, 9.17) is 11.6 Å². The molecule has 2 aliphatic heterocycles. The van der Waals surface area contributed by atoms with Crippen LogP contribution in [0.4, 0.5) is 4.79 Å². The predicted octanol–water partition coefficient (Wildman–Crippen LogP) is 4.13. The summed E-state index contributed by atoms with van der Waals surface area (Å²) in [6, 6.07) is 12.8. The van der Waals surface area contributed by atoms with E-state index in [1.165, 1.54) is 16.0 Å². The minimum atomic E-state index is 0.0746. The number of benzene rings is 1. The number of amides is 2. The molecule has 26 heavy (non-hydrogen) atoms. The Morgan fingerprint density at radius 1 is 1.19 bits per heavy atom. The molecule has 0 spiro atoms. The van der Waals surface area contributed by atoms with Gasteiger partial charge in [0.1, 0.15) is 0 Å².